The second kappa shape index (κ2) is 81.1. The molecule has 0 fully saturated rings. The van der Waals surface area contributed by atoms with Gasteiger partial charge in [-0.15, -0.1) is 0 Å². The minimum atomic E-state index is -2.15. The molecule has 0 radical (unpaired) electrons. The fourth-order valence-corrected chi connectivity index (χ4v) is 722. The van der Waals surface area contributed by atoms with Crippen LogP contribution in [0.5, 0.6) is 40.2 Å². The standard InChI is InChI=1S/C72H82NO11.C8H58O2P51.Co.O/c1-76-42-10-3-4-11-44-79-66-34-22-57(23-35-66)50-58-24-36-67(37-25-58)80-45-13-7-8-15-48-83-72(75)64-51-63(71(74)17-9-16-43-78-55-84-69-38-26-59(27-39-69)49-56-20-32-65(77-2)33-21-56)52-70(53-64)82-47-14-6-5-12-46-81-68-40-30-62(31-41-68)61-28-18-60(54-73)19-29-61;1-6(9)7-3-2-4-8(5-7)10-37(51(53(38(11)12)39(13)14)59(50(35)36)54(40(15)16)41(17)18)52(60(55(42(19)20)43(21)22)56(44(23)24)45(25)26)61(57(46(27)28)47(29)30)58(48(31)32)49(33)34;;/h18-41,51-53H,2-17,42-50,55H2,1H3;3-5H,11-36H2,1H3;;. The molecule has 0 saturated heterocycles. The van der Waals surface area contributed by atoms with Gasteiger partial charge in [0, 0.05) is 25.7 Å². The van der Waals surface area contributed by atoms with E-state index in [0.717, 1.165) is 130 Å². The van der Waals surface area contributed by atoms with E-state index in [0.29, 0.717) is 96.3 Å². The van der Waals surface area contributed by atoms with E-state index in [9.17, 15) is 19.6 Å². The summed E-state index contributed by atoms with van der Waals surface area (Å²) in [6, 6.07) is 61.4. The van der Waals surface area contributed by atoms with Crippen LogP contribution in [0.4, 0.5) is 0 Å². The minimum absolute atomic E-state index is 0.0423. The number of hydrogen-bond acceptors (Lipinski definition) is 15. The number of rotatable bonds is 71. The van der Waals surface area contributed by atoms with E-state index in [2.05, 4.69) is 305 Å². The summed E-state index contributed by atoms with van der Waals surface area (Å²) < 4.78 is 78.7. The van der Waals surface area contributed by atoms with Crippen molar-refractivity contribution in [2.45, 2.75) is 116 Å². The van der Waals surface area contributed by atoms with Crippen LogP contribution >= 0.6 is 407 Å². The number of benzene rings is 8. The molecule has 0 N–H and O–H groups in total. The Morgan fingerprint density at radius 1 is 0.306 bits per heavy atom. The van der Waals surface area contributed by atoms with Crippen molar-refractivity contribution in [1.82, 2.24) is 0 Å². The van der Waals surface area contributed by atoms with Crippen molar-refractivity contribution in [1.29, 1.82) is 5.26 Å². The van der Waals surface area contributed by atoms with Crippen LogP contribution in [0.1, 0.15) is 162 Å². The number of Topliss-reactive ketones (excluding diaryl/α,β-unsaturated/α-hetero) is 2. The first-order chi connectivity index (χ1) is 70.2. The van der Waals surface area contributed by atoms with Crippen LogP contribution in [-0.4, -0.2) is 83.2 Å². The Balaban J connectivity index is 0.882. The molecule has 67 heteroatoms. The van der Waals surface area contributed by atoms with Crippen molar-refractivity contribution in [2.24, 2.45) is 0 Å². The van der Waals surface area contributed by atoms with Gasteiger partial charge in [0.05, 0.1) is 56.8 Å². The van der Waals surface area contributed by atoms with Crippen LogP contribution in [0.25, 0.3) is 11.1 Å². The van der Waals surface area contributed by atoms with E-state index in [-0.39, 0.29) is 42.5 Å². The largest absolute Gasteiger partial charge is 0.0550 e. The number of nitrogens with zero attached hydrogens (tertiary/aromatic N) is 1. The molecule has 8 aromatic rings. The van der Waals surface area contributed by atoms with Gasteiger partial charge in [-0.2, -0.15) is 5.26 Å². The molecule has 0 amide bonds. The van der Waals surface area contributed by atoms with Crippen LogP contribution < -0.4 is 37.4 Å². The van der Waals surface area contributed by atoms with Gasteiger partial charge in [-0.25, -0.2) is 4.79 Å². The molecule has 147 heavy (non-hydrogen) atoms. The molecule has 0 bridgehead atoms. The first-order valence-electron chi connectivity index (χ1n) is 44.9. The average Bonchev–Trinajstić information content (AvgIpc) is 0.732. The molecule has 0 aliphatic rings. The second-order valence-electron chi connectivity index (χ2n) is 31.7. The third-order valence-electron chi connectivity index (χ3n) is 20.5. The number of ketones is 2. The molecule has 8 aromatic carbocycles. The number of esters is 1. The summed E-state index contributed by atoms with van der Waals surface area (Å²) in [6.07, 6.45) is 14.2. The van der Waals surface area contributed by atoms with Gasteiger partial charge in [-0.1, -0.05) is 55.0 Å². The van der Waals surface area contributed by atoms with Crippen LogP contribution in [0.15, 0.2) is 182 Å². The fourth-order valence-electron chi connectivity index (χ4n) is 13.6. The van der Waals surface area contributed by atoms with E-state index < -0.39 is 195 Å². The topological polar surface area (TPSA) is 184 Å². The Bertz CT molecular complexity index is 5140. The number of hydrogen-bond donors (Lipinski definition) is 0. The Kier molecular flexibility index (Phi) is 79.9. The molecule has 0 aliphatic carbocycles. The third-order valence-corrected chi connectivity index (χ3v) is 369. The normalized spacial score (nSPS) is 13.0. The predicted octanol–water partition coefficient (Wildman–Crippen LogP) is 46.9. The molecule has 813 valence electrons. The Morgan fingerprint density at radius 2 is 0.626 bits per heavy atom. The van der Waals surface area contributed by atoms with E-state index in [1.165, 1.54) is 11.1 Å². The monoisotopic (exact) mass is 2980 g/mol. The van der Waals surface area contributed by atoms with E-state index in [1.807, 2.05) is 97.1 Å². The van der Waals surface area contributed by atoms with Gasteiger partial charge >= 0.3 is 579 Å². The van der Waals surface area contributed by atoms with Gasteiger partial charge in [0.2, 0.25) is 0 Å². The number of carbonyl (C=O) groups excluding carboxylic acids is 3. The summed E-state index contributed by atoms with van der Waals surface area (Å²) in [7, 11) is 90.1. The molecule has 15 nitrogen and oxygen atoms in total. The Morgan fingerprint density at radius 3 is 1.01 bits per heavy atom. The maximum atomic E-state index is 15.4. The number of unbranched alkanes of at least 4 members (excludes halogenated alkanes) is 10. The van der Waals surface area contributed by atoms with Gasteiger partial charge in [0.15, 0.2) is 12.6 Å². The summed E-state index contributed by atoms with van der Waals surface area (Å²) in [4.78, 5) is 42.1. The molecule has 29 atom stereocenters. The molecule has 0 heterocycles. The summed E-state index contributed by atoms with van der Waals surface area (Å²) in [5.74, 6) is 4.29. The number of methoxy groups -OCH3 is 1. The first kappa shape index (κ1) is 145. The van der Waals surface area contributed by atoms with Crippen molar-refractivity contribution in [3.8, 4) is 57.4 Å². The SMILES string of the molecule is COCCCCCCOc1ccc(Cc2ccc(OCCCCCCOC(=O)c3cc(OCCCCCCOc4ccc(-c5ccc(C#N)cc5)cc4)cc(C(=O)CCCCOCOc4ccc(Cc5ccc(O[CH2][Co](=[O])[c]6cc(OP(P(P(P(P)P)P(P)P)P(P(P)P)P(P(P)P)P(P)P)P(P(P(P(P)P)P(P)P)P(P(P)P)P(P)P)P(P(P(P)P)P(P)P)P(P(P)P)P(P)P)cc(C(C)=O)c6)cc5)cc4)c3)cc2)cc1. The molecular weight excluding hydrogens is 2840 g/mol. The van der Waals surface area contributed by atoms with Crippen molar-refractivity contribution in [3.63, 3.8) is 0 Å². The number of ether oxygens (including phenoxy) is 9. The van der Waals surface area contributed by atoms with E-state index in [1.54, 1.807) is 32.2 Å². The van der Waals surface area contributed by atoms with Gasteiger partial charge < -0.3 is 33.2 Å². The molecule has 29 unspecified atom stereocenters. The number of nitriles is 1. The zero-order chi connectivity index (χ0) is 108. The van der Waals surface area contributed by atoms with Gasteiger partial charge in [-0.05, 0) is 179 Å². The summed E-state index contributed by atoms with van der Waals surface area (Å²) in [5.41, 5.74) is 8.45. The van der Waals surface area contributed by atoms with Crippen molar-refractivity contribution in [2.75, 3.05) is 65.7 Å². The van der Waals surface area contributed by atoms with Gasteiger partial charge in [0.1, 0.15) is 23.0 Å². The maximum absolute atomic E-state index is 15.4. The van der Waals surface area contributed by atoms with Crippen molar-refractivity contribution in [3.05, 3.63) is 226 Å². The molecule has 0 saturated carbocycles. The molecule has 0 spiro atoms. The molecule has 0 aliphatic heterocycles. The predicted molar refractivity (Wildman–Crippen MR) is 792 cm³/mol. The van der Waals surface area contributed by atoms with Gasteiger partial charge in [-0.3, -0.25) is 4.79 Å². The maximum Gasteiger partial charge on any atom is -0.0197 e. The molecular formula is C80H140CoNO14P51. The van der Waals surface area contributed by atoms with Crippen molar-refractivity contribution < 1.29 is 79.0 Å². The molecule has 0 aromatic heterocycles. The minimum Gasteiger partial charge on any atom is -0.0550 e. The van der Waals surface area contributed by atoms with Gasteiger partial charge in [0.25, 0.3) is 0 Å². The molecule has 8 rings (SSSR count). The fraction of sp³-hybridized carbons (Fsp3) is 0.350. The van der Waals surface area contributed by atoms with Crippen LogP contribution in [0.3, 0.4) is 0 Å². The zero-order valence-electron chi connectivity index (χ0n) is 81.4. The Labute approximate surface area is 968 Å². The summed E-state index contributed by atoms with van der Waals surface area (Å²) >= 11 is -2.15. The quantitative estimate of drug-likeness (QED) is 0.0115. The van der Waals surface area contributed by atoms with Crippen LogP contribution in [0.2, 0.25) is 0 Å². The zero-order valence-corrected chi connectivity index (χ0v) is 135. The van der Waals surface area contributed by atoms with Crippen LogP contribution in [0, 0.1) is 11.3 Å². The second-order valence-corrected chi connectivity index (χ2v) is 242. The first-order valence-corrected chi connectivity index (χ1v) is 139. The van der Waals surface area contributed by atoms with Crippen LogP contribution in [-0.2, 0) is 44.5 Å². The van der Waals surface area contributed by atoms with E-state index in [4.69, 9.17) is 47.2 Å². The Hall–Kier alpha value is 12.8. The third kappa shape index (κ3) is 52.5. The summed E-state index contributed by atoms with van der Waals surface area (Å²) in [6.45, 7) is -8.10. The summed E-state index contributed by atoms with van der Waals surface area (Å²) in [5, 5.41) is 9.20. The number of carbonyl (C=O) groups is 3. The smallest absolute Gasteiger partial charge is 0.0197 e. The van der Waals surface area contributed by atoms with Crippen molar-refractivity contribution >= 4 is 429 Å². The van der Waals surface area contributed by atoms with E-state index >= 15 is 3.87 Å². The average molecular weight is 2980 g/mol.